The molecule has 18 heavy (non-hydrogen) atoms. The molecule has 2 fully saturated rings. The first-order valence-corrected chi connectivity index (χ1v) is 6.18. The monoisotopic (exact) mass is 259 g/mol. The number of hydrogen-bond acceptors (Lipinski definition) is 5. The first-order valence-electron chi connectivity index (χ1n) is 6.18. The Labute approximate surface area is 107 Å². The zero-order valence-electron chi connectivity index (χ0n) is 11.1. The van der Waals surface area contributed by atoms with Crippen molar-refractivity contribution in [1.29, 1.82) is 0 Å². The second kappa shape index (κ2) is 4.68. The summed E-state index contributed by atoms with van der Waals surface area (Å²) in [6, 6.07) is 0. The van der Waals surface area contributed by atoms with Gasteiger partial charge >= 0.3 is 6.09 Å². The number of nitrogens with zero attached hydrogens (tertiary/aromatic N) is 1. The maximum absolute atomic E-state index is 12.0. The Kier molecular flexibility index (Phi) is 3.53. The van der Waals surface area contributed by atoms with Gasteiger partial charge in [0.2, 0.25) is 0 Å². The molecule has 0 unspecified atom stereocenters. The summed E-state index contributed by atoms with van der Waals surface area (Å²) in [6.07, 6.45) is -0.731. The van der Waals surface area contributed by atoms with Gasteiger partial charge in [0.1, 0.15) is 11.2 Å². The van der Waals surface area contributed by atoms with Crippen LogP contribution in [0.5, 0.6) is 0 Å². The van der Waals surface area contributed by atoms with Crippen molar-refractivity contribution < 1.29 is 24.1 Å². The molecular weight excluding hydrogens is 238 g/mol. The highest BCUT2D eigenvalue weighted by atomic mass is 16.6. The summed E-state index contributed by atoms with van der Waals surface area (Å²) >= 11 is 0. The fraction of sp³-hybridized carbons (Fsp3) is 0.917. The van der Waals surface area contributed by atoms with Crippen LogP contribution in [0, 0.1) is 0 Å². The van der Waals surface area contributed by atoms with E-state index in [-0.39, 0.29) is 18.8 Å². The van der Waals surface area contributed by atoms with Crippen molar-refractivity contribution in [2.45, 2.75) is 38.1 Å². The average molecular weight is 259 g/mol. The van der Waals surface area contributed by atoms with Gasteiger partial charge in [-0.05, 0) is 20.8 Å². The second-order valence-corrected chi connectivity index (χ2v) is 5.96. The van der Waals surface area contributed by atoms with Crippen LogP contribution in [0.3, 0.4) is 0 Å². The Bertz CT molecular complexity index is 321. The summed E-state index contributed by atoms with van der Waals surface area (Å²) in [5.74, 6) is 0. The van der Waals surface area contributed by atoms with Gasteiger partial charge in [-0.1, -0.05) is 0 Å². The number of morpholine rings is 1. The van der Waals surface area contributed by atoms with Crippen LogP contribution in [-0.4, -0.2) is 66.3 Å². The van der Waals surface area contributed by atoms with E-state index in [9.17, 15) is 9.90 Å². The van der Waals surface area contributed by atoms with Gasteiger partial charge in [-0.15, -0.1) is 0 Å². The first kappa shape index (κ1) is 13.6. The summed E-state index contributed by atoms with van der Waals surface area (Å²) in [6.45, 7) is 7.11. The van der Waals surface area contributed by atoms with E-state index in [0.717, 1.165) is 0 Å². The van der Waals surface area contributed by atoms with Crippen molar-refractivity contribution in [2.75, 3.05) is 32.9 Å². The Morgan fingerprint density at radius 3 is 2.61 bits per heavy atom. The number of ether oxygens (including phenoxy) is 3. The van der Waals surface area contributed by atoms with Gasteiger partial charge < -0.3 is 24.2 Å². The summed E-state index contributed by atoms with van der Waals surface area (Å²) in [4.78, 5) is 13.6. The molecule has 2 rings (SSSR count). The number of aliphatic hydroxyl groups excluding tert-OH is 1. The molecule has 104 valence electrons. The number of hydrogen-bond donors (Lipinski definition) is 1. The Balaban J connectivity index is 2.01. The van der Waals surface area contributed by atoms with Crippen LogP contribution in [0.2, 0.25) is 0 Å². The second-order valence-electron chi connectivity index (χ2n) is 5.96. The van der Waals surface area contributed by atoms with Crippen LogP contribution in [-0.2, 0) is 14.2 Å². The maximum Gasteiger partial charge on any atom is 0.410 e. The molecule has 0 bridgehead atoms. The molecule has 2 heterocycles. The summed E-state index contributed by atoms with van der Waals surface area (Å²) in [5.41, 5.74) is -0.976. The molecule has 0 aromatic rings. The molecule has 1 N–H and O–H groups in total. The topological polar surface area (TPSA) is 68.2 Å². The van der Waals surface area contributed by atoms with Crippen LogP contribution in [0.15, 0.2) is 0 Å². The normalized spacial score (nSPS) is 26.9. The Morgan fingerprint density at radius 1 is 1.50 bits per heavy atom. The zero-order chi connectivity index (χ0) is 13.4. The minimum absolute atomic E-state index is 0.110. The predicted molar refractivity (Wildman–Crippen MR) is 63.3 cm³/mol. The van der Waals surface area contributed by atoms with Crippen molar-refractivity contribution in [1.82, 2.24) is 4.90 Å². The smallest absolute Gasteiger partial charge is 0.410 e. The molecule has 0 aromatic carbocycles. The van der Waals surface area contributed by atoms with Crippen molar-refractivity contribution >= 4 is 6.09 Å². The number of carbonyl (C=O) groups is 1. The average Bonchev–Trinajstić information content (AvgIpc) is 2.24. The quantitative estimate of drug-likeness (QED) is 0.737. The zero-order valence-corrected chi connectivity index (χ0v) is 11.1. The van der Waals surface area contributed by atoms with E-state index in [1.165, 1.54) is 0 Å². The highest BCUT2D eigenvalue weighted by molar-refractivity contribution is 5.68. The summed E-state index contributed by atoms with van der Waals surface area (Å²) in [7, 11) is 0. The fourth-order valence-corrected chi connectivity index (χ4v) is 2.14. The van der Waals surface area contributed by atoms with E-state index in [1.54, 1.807) is 4.90 Å². The predicted octanol–water partition coefficient (Wildman–Crippen LogP) is 0.384. The van der Waals surface area contributed by atoms with Crippen LogP contribution < -0.4 is 0 Å². The Hall–Kier alpha value is -0.850. The van der Waals surface area contributed by atoms with Gasteiger partial charge in [0.05, 0.1) is 39.0 Å². The van der Waals surface area contributed by atoms with Gasteiger partial charge in [-0.3, -0.25) is 0 Å². The van der Waals surface area contributed by atoms with E-state index in [1.807, 2.05) is 20.8 Å². The van der Waals surface area contributed by atoms with Crippen molar-refractivity contribution in [2.24, 2.45) is 0 Å². The minimum atomic E-state index is -0.520. The molecule has 0 radical (unpaired) electrons. The molecule has 2 saturated heterocycles. The van der Waals surface area contributed by atoms with Gasteiger partial charge in [0, 0.05) is 0 Å². The lowest BCUT2D eigenvalue weighted by Gasteiger charge is -2.50. The number of amides is 1. The van der Waals surface area contributed by atoms with Crippen LogP contribution in [0.1, 0.15) is 20.8 Å². The lowest BCUT2D eigenvalue weighted by Crippen LogP contribution is -2.66. The maximum atomic E-state index is 12.0. The largest absolute Gasteiger partial charge is 0.444 e. The highest BCUT2D eigenvalue weighted by Crippen LogP contribution is 2.29. The van der Waals surface area contributed by atoms with Crippen molar-refractivity contribution in [3.05, 3.63) is 0 Å². The SMILES string of the molecule is CC(C)(C)OC(=O)N1C[C@@H](CO)OC2(COC2)C1. The molecule has 0 saturated carbocycles. The minimum Gasteiger partial charge on any atom is -0.444 e. The lowest BCUT2D eigenvalue weighted by atomic mass is 9.98. The molecule has 2 aliphatic heterocycles. The third kappa shape index (κ3) is 2.93. The standard InChI is InChI=1S/C12H21NO5/c1-11(2,3)18-10(15)13-4-9(5-14)17-12(6-13)7-16-8-12/h9,14H,4-8H2,1-3H3/t9-/m0/s1. The van der Waals surface area contributed by atoms with Gasteiger partial charge in [0.25, 0.3) is 0 Å². The summed E-state index contributed by atoms with van der Waals surface area (Å²) in [5, 5.41) is 9.23. The fourth-order valence-electron chi connectivity index (χ4n) is 2.14. The lowest BCUT2D eigenvalue weighted by molar-refractivity contribution is -0.262. The third-order valence-corrected chi connectivity index (χ3v) is 2.91. The van der Waals surface area contributed by atoms with E-state index >= 15 is 0 Å². The van der Waals surface area contributed by atoms with E-state index < -0.39 is 11.2 Å². The van der Waals surface area contributed by atoms with E-state index in [2.05, 4.69) is 0 Å². The molecule has 1 atom stereocenters. The molecule has 1 amide bonds. The van der Waals surface area contributed by atoms with Crippen LogP contribution in [0.25, 0.3) is 0 Å². The highest BCUT2D eigenvalue weighted by Gasteiger charge is 2.48. The van der Waals surface area contributed by atoms with Gasteiger partial charge in [-0.2, -0.15) is 0 Å². The molecular formula is C12H21NO5. The molecule has 0 aromatic heterocycles. The van der Waals surface area contributed by atoms with Crippen LogP contribution in [0.4, 0.5) is 4.79 Å². The van der Waals surface area contributed by atoms with Crippen molar-refractivity contribution in [3.63, 3.8) is 0 Å². The van der Waals surface area contributed by atoms with Crippen molar-refractivity contribution in [3.8, 4) is 0 Å². The Morgan fingerprint density at radius 2 is 2.17 bits per heavy atom. The third-order valence-electron chi connectivity index (χ3n) is 2.91. The number of rotatable bonds is 1. The van der Waals surface area contributed by atoms with Gasteiger partial charge in [0.15, 0.2) is 0 Å². The number of aliphatic hydroxyl groups is 1. The molecule has 6 nitrogen and oxygen atoms in total. The molecule has 1 spiro atoms. The number of carbonyl (C=O) groups excluding carboxylic acids is 1. The molecule has 6 heteroatoms. The van der Waals surface area contributed by atoms with E-state index in [4.69, 9.17) is 14.2 Å². The van der Waals surface area contributed by atoms with E-state index in [0.29, 0.717) is 26.3 Å². The van der Waals surface area contributed by atoms with Gasteiger partial charge in [-0.25, -0.2) is 4.79 Å². The first-order chi connectivity index (χ1) is 8.34. The summed E-state index contributed by atoms with van der Waals surface area (Å²) < 4.78 is 16.2. The molecule has 2 aliphatic rings. The van der Waals surface area contributed by atoms with Crippen LogP contribution >= 0.6 is 0 Å². The molecule has 0 aliphatic carbocycles.